The van der Waals surface area contributed by atoms with Gasteiger partial charge >= 0.3 is 0 Å². The van der Waals surface area contributed by atoms with E-state index >= 15 is 0 Å². The molecule has 3 fully saturated rings. The molecule has 4 atom stereocenters. The van der Waals surface area contributed by atoms with E-state index in [2.05, 4.69) is 38.1 Å². The summed E-state index contributed by atoms with van der Waals surface area (Å²) in [5.41, 5.74) is 1.56. The van der Waals surface area contributed by atoms with E-state index in [1.54, 1.807) is 31.2 Å². The fourth-order valence-corrected chi connectivity index (χ4v) is 7.57. The Morgan fingerprint density at radius 1 is 0.636 bits per heavy atom. The fraction of sp³-hybridized carbons (Fsp3) is 0.812. The largest absolute Gasteiger partial charge is 0.494 e. The van der Waals surface area contributed by atoms with Crippen LogP contribution in [-0.4, -0.2) is 6.61 Å². The zero-order valence-electron chi connectivity index (χ0n) is 21.9. The van der Waals surface area contributed by atoms with Crippen LogP contribution in [-0.2, 0) is 0 Å². The maximum Gasteiger partial charge on any atom is 0.119 e. The summed E-state index contributed by atoms with van der Waals surface area (Å²) in [6.07, 6.45) is 25.0. The topological polar surface area (TPSA) is 9.23 Å². The zero-order valence-corrected chi connectivity index (χ0v) is 21.9. The Balaban J connectivity index is 1.15. The maximum absolute atomic E-state index is 5.79. The summed E-state index contributed by atoms with van der Waals surface area (Å²) >= 11 is 0. The molecule has 0 spiro atoms. The summed E-state index contributed by atoms with van der Waals surface area (Å²) in [6, 6.07) is 9.10. The van der Waals surface area contributed by atoms with E-state index in [-0.39, 0.29) is 0 Å². The van der Waals surface area contributed by atoms with Crippen molar-refractivity contribution in [3.8, 4) is 5.75 Å². The van der Waals surface area contributed by atoms with Gasteiger partial charge in [-0.2, -0.15) is 0 Å². The van der Waals surface area contributed by atoms with E-state index in [1.165, 1.54) is 77.0 Å². The Bertz CT molecular complexity index is 656. The molecule has 0 N–H and O–H groups in total. The van der Waals surface area contributed by atoms with Gasteiger partial charge in [0.2, 0.25) is 0 Å². The third-order valence-corrected chi connectivity index (χ3v) is 9.71. The monoisotopic (exact) mass is 452 g/mol. The standard InChI is InChI=1S/C32H52O/c1-3-5-6-7-25-8-10-26(11-9-25)12-13-27-14-15-31-24-30(17-16-29(31)23-27)28-18-20-32(21-19-28)33-22-4-2/h18-21,25-27,29-31H,3-17,22-24H2,1-2H3. The summed E-state index contributed by atoms with van der Waals surface area (Å²) in [7, 11) is 0. The van der Waals surface area contributed by atoms with Crippen LogP contribution in [0.25, 0.3) is 0 Å². The molecule has 3 saturated carbocycles. The summed E-state index contributed by atoms with van der Waals surface area (Å²) in [5.74, 6) is 7.02. The minimum Gasteiger partial charge on any atom is -0.494 e. The lowest BCUT2D eigenvalue weighted by Crippen LogP contribution is -2.30. The van der Waals surface area contributed by atoms with Crippen molar-refractivity contribution in [3.05, 3.63) is 29.8 Å². The van der Waals surface area contributed by atoms with E-state index in [4.69, 9.17) is 4.74 Å². The van der Waals surface area contributed by atoms with Crippen LogP contribution >= 0.6 is 0 Å². The van der Waals surface area contributed by atoms with Crippen LogP contribution < -0.4 is 4.74 Å². The average molecular weight is 453 g/mol. The summed E-state index contributed by atoms with van der Waals surface area (Å²) in [4.78, 5) is 0. The van der Waals surface area contributed by atoms with Gasteiger partial charge in [-0.15, -0.1) is 0 Å². The molecule has 0 aromatic heterocycles. The molecule has 4 rings (SSSR count). The van der Waals surface area contributed by atoms with Crippen molar-refractivity contribution in [1.29, 1.82) is 0 Å². The lowest BCUT2D eigenvalue weighted by molar-refractivity contribution is 0.108. The molecule has 0 amide bonds. The molecule has 186 valence electrons. The minimum absolute atomic E-state index is 0.788. The maximum atomic E-state index is 5.79. The Labute approximate surface area is 205 Å². The first kappa shape index (κ1) is 25.1. The van der Waals surface area contributed by atoms with Crippen LogP contribution in [0.3, 0.4) is 0 Å². The number of rotatable bonds is 11. The minimum atomic E-state index is 0.788. The molecule has 3 aliphatic rings. The molecular formula is C32H52O. The quantitative estimate of drug-likeness (QED) is 0.303. The van der Waals surface area contributed by atoms with Gasteiger partial charge in [0.1, 0.15) is 5.75 Å². The van der Waals surface area contributed by atoms with Gasteiger partial charge in [-0.05, 0) is 91.7 Å². The highest BCUT2D eigenvalue weighted by atomic mass is 16.5. The van der Waals surface area contributed by atoms with E-state index in [9.17, 15) is 0 Å². The Hall–Kier alpha value is -0.980. The molecule has 0 heterocycles. The molecule has 33 heavy (non-hydrogen) atoms. The normalized spacial score (nSPS) is 32.3. The molecule has 3 aliphatic carbocycles. The van der Waals surface area contributed by atoms with E-state index in [1.807, 2.05) is 0 Å². The summed E-state index contributed by atoms with van der Waals surface area (Å²) in [6.45, 7) is 5.33. The van der Waals surface area contributed by atoms with Crippen molar-refractivity contribution < 1.29 is 4.74 Å². The van der Waals surface area contributed by atoms with Gasteiger partial charge in [0.15, 0.2) is 0 Å². The molecule has 1 heteroatoms. The smallest absolute Gasteiger partial charge is 0.119 e. The highest BCUT2D eigenvalue weighted by Crippen LogP contribution is 2.49. The molecular weight excluding hydrogens is 400 g/mol. The van der Waals surface area contributed by atoms with E-state index < -0.39 is 0 Å². The zero-order chi connectivity index (χ0) is 22.9. The van der Waals surface area contributed by atoms with Crippen molar-refractivity contribution >= 4 is 0 Å². The second-order valence-corrected chi connectivity index (χ2v) is 12.1. The van der Waals surface area contributed by atoms with Gasteiger partial charge in [0.05, 0.1) is 6.61 Å². The Kier molecular flexibility index (Phi) is 10.0. The second-order valence-electron chi connectivity index (χ2n) is 12.1. The summed E-state index contributed by atoms with van der Waals surface area (Å²) in [5, 5.41) is 0. The average Bonchev–Trinajstić information content (AvgIpc) is 2.87. The second kappa shape index (κ2) is 13.2. The Morgan fingerprint density at radius 2 is 1.27 bits per heavy atom. The van der Waals surface area contributed by atoms with Gasteiger partial charge < -0.3 is 4.74 Å². The van der Waals surface area contributed by atoms with Gasteiger partial charge in [-0.1, -0.05) is 96.6 Å². The number of unbranched alkanes of at least 4 members (excludes halogenated alkanes) is 2. The van der Waals surface area contributed by atoms with Gasteiger partial charge in [-0.3, -0.25) is 0 Å². The van der Waals surface area contributed by atoms with Crippen LogP contribution in [0.1, 0.15) is 134 Å². The van der Waals surface area contributed by atoms with Crippen molar-refractivity contribution in [1.82, 2.24) is 0 Å². The lowest BCUT2D eigenvalue weighted by Gasteiger charge is -2.43. The predicted octanol–water partition coefficient (Wildman–Crippen LogP) is 9.94. The van der Waals surface area contributed by atoms with Crippen LogP contribution in [0, 0.1) is 29.6 Å². The molecule has 1 aromatic rings. The first-order valence-electron chi connectivity index (χ1n) is 15.0. The molecule has 0 aliphatic heterocycles. The van der Waals surface area contributed by atoms with Crippen molar-refractivity contribution in [3.63, 3.8) is 0 Å². The van der Waals surface area contributed by atoms with Crippen molar-refractivity contribution in [2.75, 3.05) is 6.61 Å². The van der Waals surface area contributed by atoms with Crippen LogP contribution in [0.4, 0.5) is 0 Å². The van der Waals surface area contributed by atoms with Crippen LogP contribution in [0.2, 0.25) is 0 Å². The third kappa shape index (κ3) is 7.50. The number of hydrogen-bond donors (Lipinski definition) is 0. The van der Waals surface area contributed by atoms with Crippen LogP contribution in [0.5, 0.6) is 5.75 Å². The SMILES string of the molecule is CCCCCC1CCC(CCC2CCC3CC(c4ccc(OCCC)cc4)CCC3C2)CC1. The predicted molar refractivity (Wildman–Crippen MR) is 142 cm³/mol. The van der Waals surface area contributed by atoms with Crippen molar-refractivity contribution in [2.45, 2.75) is 129 Å². The first-order chi connectivity index (χ1) is 16.2. The third-order valence-electron chi connectivity index (χ3n) is 9.71. The highest BCUT2D eigenvalue weighted by molar-refractivity contribution is 5.30. The molecule has 1 aromatic carbocycles. The molecule has 1 nitrogen and oxygen atoms in total. The van der Waals surface area contributed by atoms with E-state index in [0.29, 0.717) is 0 Å². The van der Waals surface area contributed by atoms with Crippen LogP contribution in [0.15, 0.2) is 24.3 Å². The van der Waals surface area contributed by atoms with Crippen molar-refractivity contribution in [2.24, 2.45) is 29.6 Å². The molecule has 0 saturated heterocycles. The molecule has 4 unspecified atom stereocenters. The summed E-state index contributed by atoms with van der Waals surface area (Å²) < 4.78 is 5.79. The lowest BCUT2D eigenvalue weighted by atomic mass is 9.63. The fourth-order valence-electron chi connectivity index (χ4n) is 7.57. The number of ether oxygens (including phenoxy) is 1. The first-order valence-corrected chi connectivity index (χ1v) is 15.0. The van der Waals surface area contributed by atoms with Gasteiger partial charge in [-0.25, -0.2) is 0 Å². The Morgan fingerprint density at radius 3 is 2.00 bits per heavy atom. The van der Waals surface area contributed by atoms with Gasteiger partial charge in [0, 0.05) is 0 Å². The highest BCUT2D eigenvalue weighted by Gasteiger charge is 2.36. The molecule has 0 bridgehead atoms. The number of benzene rings is 1. The van der Waals surface area contributed by atoms with E-state index in [0.717, 1.165) is 54.3 Å². The number of fused-ring (bicyclic) bond motifs is 1. The van der Waals surface area contributed by atoms with Gasteiger partial charge in [0.25, 0.3) is 0 Å². The number of hydrogen-bond acceptors (Lipinski definition) is 1. The molecule has 0 radical (unpaired) electrons.